The molecule has 5 nitrogen and oxygen atoms in total. The largest absolute Gasteiger partial charge is 0.351 e. The van der Waals surface area contributed by atoms with Crippen molar-refractivity contribution in [3.63, 3.8) is 0 Å². The highest BCUT2D eigenvalue weighted by Gasteiger charge is 2.11. The van der Waals surface area contributed by atoms with Crippen LogP contribution in [0.1, 0.15) is 23.7 Å². The number of nitrogens with zero attached hydrogens (tertiary/aromatic N) is 3. The average molecular weight is 228 g/mol. The van der Waals surface area contributed by atoms with Crippen LogP contribution in [0.25, 0.3) is 5.52 Å². The molecule has 1 N–H and O–H groups in total. The van der Waals surface area contributed by atoms with Crippen molar-refractivity contribution < 1.29 is 4.79 Å². The molecule has 0 spiro atoms. The van der Waals surface area contributed by atoms with Gasteiger partial charge in [0.25, 0.3) is 5.91 Å². The van der Waals surface area contributed by atoms with Gasteiger partial charge in [-0.2, -0.15) is 5.10 Å². The number of aromatic nitrogens is 3. The minimum atomic E-state index is -0.147. The van der Waals surface area contributed by atoms with E-state index in [1.54, 1.807) is 30.0 Å². The first kappa shape index (κ1) is 11.1. The highest BCUT2D eigenvalue weighted by molar-refractivity contribution is 6.00. The van der Waals surface area contributed by atoms with Crippen LogP contribution >= 0.6 is 0 Å². The molecule has 0 fully saturated rings. The van der Waals surface area contributed by atoms with Crippen molar-refractivity contribution in [3.05, 3.63) is 30.4 Å². The number of fused-ring (bicyclic) bond motifs is 1. The third-order valence-corrected chi connectivity index (χ3v) is 2.28. The molecule has 0 unspecified atom stereocenters. The number of nitrogens with one attached hydrogen (secondary N) is 1. The second kappa shape index (κ2) is 5.12. The molecule has 17 heavy (non-hydrogen) atoms. The Morgan fingerprint density at radius 1 is 1.53 bits per heavy atom. The minimum Gasteiger partial charge on any atom is -0.351 e. The van der Waals surface area contributed by atoms with Gasteiger partial charge < -0.3 is 5.32 Å². The van der Waals surface area contributed by atoms with Crippen molar-refractivity contribution in [1.29, 1.82) is 0 Å². The lowest BCUT2D eigenvalue weighted by molar-refractivity contribution is 0.0956. The fraction of sp³-hybridized carbons (Fsp3) is 0.250. The van der Waals surface area contributed by atoms with Crippen LogP contribution in [-0.4, -0.2) is 27.0 Å². The van der Waals surface area contributed by atoms with Gasteiger partial charge in [0.2, 0.25) is 0 Å². The Hall–Kier alpha value is -2.35. The van der Waals surface area contributed by atoms with Gasteiger partial charge in [0.1, 0.15) is 0 Å². The van der Waals surface area contributed by atoms with Gasteiger partial charge in [-0.3, -0.25) is 9.78 Å². The summed E-state index contributed by atoms with van der Waals surface area (Å²) >= 11 is 0. The van der Waals surface area contributed by atoms with E-state index in [0.29, 0.717) is 24.0 Å². The summed E-state index contributed by atoms with van der Waals surface area (Å²) in [6, 6.07) is 0. The molecular formula is C12H12N4O. The first-order chi connectivity index (χ1) is 8.33. The first-order valence-electron chi connectivity index (χ1n) is 5.28. The number of carbonyl (C=O) groups excluding carboxylic acids is 1. The van der Waals surface area contributed by atoms with Crippen molar-refractivity contribution in [1.82, 2.24) is 19.9 Å². The standard InChI is InChI=1S/C12H12N4O/c1-2-3-4-5-14-12(17)10-8-15-16-7-6-13-9-11(10)16/h6-9H,4-5H2,1H3,(H,14,17). The van der Waals surface area contributed by atoms with E-state index in [2.05, 4.69) is 27.2 Å². The highest BCUT2D eigenvalue weighted by Crippen LogP contribution is 2.07. The van der Waals surface area contributed by atoms with Gasteiger partial charge in [-0.05, 0) is 6.92 Å². The van der Waals surface area contributed by atoms with Gasteiger partial charge in [0, 0.05) is 25.4 Å². The van der Waals surface area contributed by atoms with Gasteiger partial charge >= 0.3 is 0 Å². The Bertz CT molecular complexity index is 591. The van der Waals surface area contributed by atoms with Gasteiger partial charge in [0.15, 0.2) is 0 Å². The molecule has 5 heteroatoms. The quantitative estimate of drug-likeness (QED) is 0.626. The van der Waals surface area contributed by atoms with E-state index in [1.165, 1.54) is 6.20 Å². The van der Waals surface area contributed by atoms with Crippen LogP contribution in [-0.2, 0) is 0 Å². The number of hydrogen-bond donors (Lipinski definition) is 1. The molecule has 86 valence electrons. The first-order valence-corrected chi connectivity index (χ1v) is 5.28. The fourth-order valence-corrected chi connectivity index (χ4v) is 1.47. The molecule has 2 aromatic heterocycles. The van der Waals surface area contributed by atoms with Crippen LogP contribution < -0.4 is 5.32 Å². The van der Waals surface area contributed by atoms with Crippen molar-refractivity contribution in [2.45, 2.75) is 13.3 Å². The molecule has 0 aliphatic heterocycles. The summed E-state index contributed by atoms with van der Waals surface area (Å²) in [5, 5.41) is 6.86. The predicted molar refractivity (Wildman–Crippen MR) is 63.4 cm³/mol. The van der Waals surface area contributed by atoms with E-state index in [1.807, 2.05) is 0 Å². The Labute approximate surface area is 98.9 Å². The van der Waals surface area contributed by atoms with E-state index in [4.69, 9.17) is 0 Å². The van der Waals surface area contributed by atoms with Crippen LogP contribution in [0.5, 0.6) is 0 Å². The topological polar surface area (TPSA) is 59.3 Å². The number of rotatable bonds is 3. The maximum Gasteiger partial charge on any atom is 0.255 e. The van der Waals surface area contributed by atoms with Crippen molar-refractivity contribution >= 4 is 11.4 Å². The zero-order valence-corrected chi connectivity index (χ0v) is 9.47. The molecule has 1 amide bonds. The molecule has 0 aliphatic rings. The zero-order valence-electron chi connectivity index (χ0n) is 9.47. The van der Waals surface area contributed by atoms with Crippen LogP contribution in [0, 0.1) is 11.8 Å². The molecule has 0 atom stereocenters. The molecule has 2 rings (SSSR count). The van der Waals surface area contributed by atoms with Crippen LogP contribution in [0.2, 0.25) is 0 Å². The third-order valence-electron chi connectivity index (χ3n) is 2.28. The lowest BCUT2D eigenvalue weighted by atomic mass is 10.2. The summed E-state index contributed by atoms with van der Waals surface area (Å²) < 4.78 is 1.62. The summed E-state index contributed by atoms with van der Waals surface area (Å²) in [6.45, 7) is 2.32. The van der Waals surface area contributed by atoms with E-state index in [0.717, 1.165) is 0 Å². The van der Waals surface area contributed by atoms with Gasteiger partial charge in [-0.25, -0.2) is 4.52 Å². The fourth-order valence-electron chi connectivity index (χ4n) is 1.47. The molecule has 0 saturated carbocycles. The molecular weight excluding hydrogens is 216 g/mol. The molecule has 2 aromatic rings. The lowest BCUT2D eigenvalue weighted by Crippen LogP contribution is -2.24. The number of amides is 1. The van der Waals surface area contributed by atoms with Crippen molar-refractivity contribution in [3.8, 4) is 11.8 Å². The van der Waals surface area contributed by atoms with Gasteiger partial charge in [-0.15, -0.1) is 11.8 Å². The smallest absolute Gasteiger partial charge is 0.255 e. The summed E-state index contributed by atoms with van der Waals surface area (Å²) in [5.74, 6) is 5.52. The van der Waals surface area contributed by atoms with E-state index in [9.17, 15) is 4.79 Å². The molecule has 2 heterocycles. The summed E-state index contributed by atoms with van der Waals surface area (Å²) in [7, 11) is 0. The van der Waals surface area contributed by atoms with Gasteiger partial charge in [-0.1, -0.05) is 0 Å². The van der Waals surface area contributed by atoms with Crippen molar-refractivity contribution in [2.75, 3.05) is 6.54 Å². The zero-order chi connectivity index (χ0) is 12.1. The summed E-state index contributed by atoms with van der Waals surface area (Å²) in [5.41, 5.74) is 1.23. The lowest BCUT2D eigenvalue weighted by Gasteiger charge is -2.00. The van der Waals surface area contributed by atoms with Crippen LogP contribution in [0.15, 0.2) is 24.8 Å². The Balaban J connectivity index is 2.10. The highest BCUT2D eigenvalue weighted by atomic mass is 16.1. The van der Waals surface area contributed by atoms with Gasteiger partial charge in [0.05, 0.1) is 23.5 Å². The minimum absolute atomic E-state index is 0.147. The van der Waals surface area contributed by atoms with E-state index in [-0.39, 0.29) is 5.91 Å². The Morgan fingerprint density at radius 3 is 3.24 bits per heavy atom. The molecule has 0 radical (unpaired) electrons. The normalized spacial score (nSPS) is 9.71. The SMILES string of the molecule is CC#CCCNC(=O)c1cnn2ccncc12. The van der Waals surface area contributed by atoms with Crippen LogP contribution in [0.4, 0.5) is 0 Å². The Kier molecular flexibility index (Phi) is 3.36. The number of hydrogen-bond acceptors (Lipinski definition) is 3. The molecule has 0 saturated heterocycles. The number of carbonyl (C=O) groups is 1. The second-order valence-corrected chi connectivity index (χ2v) is 3.40. The predicted octanol–water partition coefficient (Wildman–Crippen LogP) is 0.872. The van der Waals surface area contributed by atoms with Crippen molar-refractivity contribution in [2.24, 2.45) is 0 Å². The van der Waals surface area contributed by atoms with E-state index < -0.39 is 0 Å². The summed E-state index contributed by atoms with van der Waals surface area (Å²) in [4.78, 5) is 15.8. The third kappa shape index (κ3) is 2.42. The Morgan fingerprint density at radius 2 is 2.41 bits per heavy atom. The average Bonchev–Trinajstić information content (AvgIpc) is 2.78. The van der Waals surface area contributed by atoms with Crippen LogP contribution in [0.3, 0.4) is 0 Å². The molecule has 0 aliphatic carbocycles. The maximum atomic E-state index is 11.8. The monoisotopic (exact) mass is 228 g/mol. The van der Waals surface area contributed by atoms with E-state index >= 15 is 0 Å². The molecule has 0 aromatic carbocycles. The maximum absolute atomic E-state index is 11.8. The molecule has 0 bridgehead atoms. The second-order valence-electron chi connectivity index (χ2n) is 3.40. The summed E-state index contributed by atoms with van der Waals surface area (Å²) in [6.07, 6.45) is 7.14.